The first kappa shape index (κ1) is 22.2. The molecule has 0 spiro atoms. The summed E-state index contributed by atoms with van der Waals surface area (Å²) in [5, 5.41) is 18.7. The predicted molar refractivity (Wildman–Crippen MR) is 105 cm³/mol. The Bertz CT molecular complexity index is 1030. The molecule has 3 rings (SSSR count). The summed E-state index contributed by atoms with van der Waals surface area (Å²) in [5.41, 5.74) is -0.470. The highest BCUT2D eigenvalue weighted by Gasteiger charge is 2.62. The second-order valence-corrected chi connectivity index (χ2v) is 7.81. The molecular formula is C23H20F3NO4. The molecule has 1 fully saturated rings. The molecule has 5 nitrogen and oxygen atoms in total. The van der Waals surface area contributed by atoms with Gasteiger partial charge in [-0.15, -0.1) is 0 Å². The summed E-state index contributed by atoms with van der Waals surface area (Å²) in [6.07, 6.45) is -5.52. The van der Waals surface area contributed by atoms with Crippen molar-refractivity contribution in [3.05, 3.63) is 72.0 Å². The number of aliphatic hydroxyl groups is 1. The number of ether oxygens (including phenoxy) is 2. The van der Waals surface area contributed by atoms with E-state index in [2.05, 4.69) is 0 Å². The second kappa shape index (κ2) is 8.34. The summed E-state index contributed by atoms with van der Waals surface area (Å²) in [6, 6.07) is 17.3. The number of halogens is 3. The molecule has 0 aliphatic heterocycles. The van der Waals surface area contributed by atoms with E-state index in [1.807, 2.05) is 12.1 Å². The molecule has 8 heteroatoms. The summed E-state index contributed by atoms with van der Waals surface area (Å²) < 4.78 is 48.8. The first-order chi connectivity index (χ1) is 14.5. The number of carbonyl (C=O) groups is 1. The fraction of sp³-hybridized carbons (Fsp3) is 0.304. The maximum Gasteiger partial charge on any atom is 0.448 e. The van der Waals surface area contributed by atoms with E-state index in [1.54, 1.807) is 62.4 Å². The average Bonchev–Trinajstić information content (AvgIpc) is 3.26. The topological polar surface area (TPSA) is 79.6 Å². The van der Waals surface area contributed by atoms with E-state index in [9.17, 15) is 28.3 Å². The summed E-state index contributed by atoms with van der Waals surface area (Å²) in [7, 11) is 0. The van der Waals surface area contributed by atoms with Crippen LogP contribution >= 0.6 is 0 Å². The minimum absolute atomic E-state index is 0.368. The van der Waals surface area contributed by atoms with Crippen LogP contribution in [-0.2, 0) is 9.53 Å². The minimum atomic E-state index is -4.89. The van der Waals surface area contributed by atoms with Gasteiger partial charge in [-0.3, -0.25) is 4.79 Å². The fourth-order valence-electron chi connectivity index (χ4n) is 3.43. The molecule has 1 saturated carbocycles. The van der Waals surface area contributed by atoms with Crippen LogP contribution in [-0.4, -0.2) is 17.3 Å². The van der Waals surface area contributed by atoms with Gasteiger partial charge in [0.1, 0.15) is 17.6 Å². The Morgan fingerprint density at radius 3 is 2.42 bits per heavy atom. The zero-order chi connectivity index (χ0) is 22.8. The van der Waals surface area contributed by atoms with Crippen LogP contribution in [0.3, 0.4) is 0 Å². The number of nitrogens with zero attached hydrogens (tertiary/aromatic N) is 1. The normalized spacial score (nSPS) is 21.0. The van der Waals surface area contributed by atoms with Crippen molar-refractivity contribution in [2.75, 3.05) is 0 Å². The first-order valence-corrected chi connectivity index (χ1v) is 9.45. The predicted octanol–water partition coefficient (Wildman–Crippen LogP) is 5.86. The summed E-state index contributed by atoms with van der Waals surface area (Å²) in [4.78, 5) is 12.6. The van der Waals surface area contributed by atoms with Crippen molar-refractivity contribution in [3.63, 3.8) is 0 Å². The number of allylic oxidation sites excluding steroid dienone is 2. The second-order valence-electron chi connectivity index (χ2n) is 7.81. The fourth-order valence-corrected chi connectivity index (χ4v) is 3.43. The molecule has 0 radical (unpaired) electrons. The highest BCUT2D eigenvalue weighted by Crippen LogP contribution is 2.60. The van der Waals surface area contributed by atoms with Crippen LogP contribution in [0.5, 0.6) is 11.5 Å². The van der Waals surface area contributed by atoms with Gasteiger partial charge in [0.15, 0.2) is 5.76 Å². The smallest absolute Gasteiger partial charge is 0.448 e. The van der Waals surface area contributed by atoms with Crippen LogP contribution in [0.15, 0.2) is 66.4 Å². The highest BCUT2D eigenvalue weighted by molar-refractivity contribution is 5.78. The van der Waals surface area contributed by atoms with Crippen LogP contribution in [0.1, 0.15) is 25.5 Å². The lowest BCUT2D eigenvalue weighted by Crippen LogP contribution is -2.15. The quantitative estimate of drug-likeness (QED) is 0.458. The van der Waals surface area contributed by atoms with E-state index >= 15 is 0 Å². The summed E-state index contributed by atoms with van der Waals surface area (Å²) >= 11 is 0. The van der Waals surface area contributed by atoms with Gasteiger partial charge >= 0.3 is 12.1 Å². The van der Waals surface area contributed by atoms with Crippen LogP contribution in [0.4, 0.5) is 13.2 Å². The maximum absolute atomic E-state index is 12.6. The zero-order valence-corrected chi connectivity index (χ0v) is 16.8. The molecule has 162 valence electrons. The number of aliphatic hydroxyl groups excluding tert-OH is 1. The van der Waals surface area contributed by atoms with Crippen LogP contribution < -0.4 is 4.74 Å². The van der Waals surface area contributed by atoms with Gasteiger partial charge in [0.2, 0.25) is 6.10 Å². The van der Waals surface area contributed by atoms with Crippen LogP contribution in [0, 0.1) is 28.6 Å². The molecule has 0 saturated heterocycles. The number of esters is 1. The lowest BCUT2D eigenvalue weighted by atomic mass is 10.1. The SMILES string of the molecule is CC1(C)[C@H](C(=O)O[C@H](C#N)c2cccc(Oc3ccccc3)c2)[C@@H]1/C=C(\O)C(F)(F)F. The van der Waals surface area contributed by atoms with Gasteiger partial charge in [-0.1, -0.05) is 44.2 Å². The number of nitriles is 1. The molecule has 2 aromatic carbocycles. The van der Waals surface area contributed by atoms with Gasteiger partial charge < -0.3 is 14.6 Å². The molecule has 0 heterocycles. The Balaban J connectivity index is 1.72. The molecule has 1 aliphatic rings. The largest absolute Gasteiger partial charge is 0.504 e. The molecule has 1 N–H and O–H groups in total. The van der Waals surface area contributed by atoms with E-state index in [4.69, 9.17) is 9.47 Å². The van der Waals surface area contributed by atoms with E-state index in [0.717, 1.165) is 0 Å². The lowest BCUT2D eigenvalue weighted by Gasteiger charge is -2.13. The molecule has 2 aromatic rings. The molecule has 3 atom stereocenters. The molecule has 1 aliphatic carbocycles. The van der Waals surface area contributed by atoms with Crippen LogP contribution in [0.2, 0.25) is 0 Å². The number of hydrogen-bond acceptors (Lipinski definition) is 5. The minimum Gasteiger partial charge on any atom is -0.504 e. The lowest BCUT2D eigenvalue weighted by molar-refractivity contribution is -0.149. The standard InChI is InChI=1S/C23H20F3NO4/c1-22(2)17(12-19(28)23(24,25)26)20(22)21(29)31-18(13-27)14-7-6-10-16(11-14)30-15-8-4-3-5-9-15/h3-12,17-18,20,28H,1-2H3/b19-12-/t17-,18+,20-/m0/s1. The van der Waals surface area contributed by atoms with Gasteiger partial charge in [0.05, 0.1) is 5.92 Å². The average molecular weight is 431 g/mol. The van der Waals surface area contributed by atoms with Gasteiger partial charge in [-0.2, -0.15) is 18.4 Å². The van der Waals surface area contributed by atoms with Crippen molar-refractivity contribution in [2.45, 2.75) is 26.1 Å². The molecule has 0 aromatic heterocycles. The number of benzene rings is 2. The van der Waals surface area contributed by atoms with E-state index in [-0.39, 0.29) is 0 Å². The third-order valence-corrected chi connectivity index (χ3v) is 5.28. The molecule has 31 heavy (non-hydrogen) atoms. The highest BCUT2D eigenvalue weighted by atomic mass is 19.4. The number of alkyl halides is 3. The van der Waals surface area contributed by atoms with Crippen molar-refractivity contribution < 1.29 is 32.5 Å². The van der Waals surface area contributed by atoms with Gasteiger partial charge in [0, 0.05) is 11.5 Å². The molecule has 0 amide bonds. The Labute approximate surface area is 177 Å². The monoisotopic (exact) mass is 431 g/mol. The number of para-hydroxylation sites is 1. The Morgan fingerprint density at radius 1 is 1.16 bits per heavy atom. The van der Waals surface area contributed by atoms with Gasteiger partial charge in [-0.05, 0) is 35.8 Å². The van der Waals surface area contributed by atoms with Crippen molar-refractivity contribution in [1.29, 1.82) is 5.26 Å². The maximum atomic E-state index is 12.6. The van der Waals surface area contributed by atoms with Crippen molar-refractivity contribution in [3.8, 4) is 17.6 Å². The molecule has 0 bridgehead atoms. The molecular weight excluding hydrogens is 411 g/mol. The van der Waals surface area contributed by atoms with E-state index in [1.165, 1.54) is 0 Å². The van der Waals surface area contributed by atoms with E-state index < -0.39 is 41.3 Å². The molecule has 0 unspecified atom stereocenters. The first-order valence-electron chi connectivity index (χ1n) is 9.45. The van der Waals surface area contributed by atoms with E-state index in [0.29, 0.717) is 23.1 Å². The van der Waals surface area contributed by atoms with Crippen molar-refractivity contribution in [2.24, 2.45) is 17.3 Å². The number of hydrogen-bond donors (Lipinski definition) is 1. The summed E-state index contributed by atoms with van der Waals surface area (Å²) in [5.74, 6) is -3.29. The third kappa shape index (κ3) is 5.00. The summed E-state index contributed by atoms with van der Waals surface area (Å²) in [6.45, 7) is 3.19. The third-order valence-electron chi connectivity index (χ3n) is 5.28. The Kier molecular flexibility index (Phi) is 5.98. The zero-order valence-electron chi connectivity index (χ0n) is 16.8. The van der Waals surface area contributed by atoms with Crippen LogP contribution in [0.25, 0.3) is 0 Å². The Morgan fingerprint density at radius 2 is 1.81 bits per heavy atom. The van der Waals surface area contributed by atoms with Gasteiger partial charge in [-0.25, -0.2) is 0 Å². The van der Waals surface area contributed by atoms with Crippen molar-refractivity contribution >= 4 is 5.97 Å². The Hall–Kier alpha value is -3.47. The number of rotatable bonds is 6. The van der Waals surface area contributed by atoms with Crippen molar-refractivity contribution in [1.82, 2.24) is 0 Å². The number of carbonyl (C=O) groups excluding carboxylic acids is 1. The van der Waals surface area contributed by atoms with Gasteiger partial charge in [0.25, 0.3) is 0 Å².